The van der Waals surface area contributed by atoms with Crippen LogP contribution in [0.5, 0.6) is 11.5 Å². The summed E-state index contributed by atoms with van der Waals surface area (Å²) in [5.74, 6) is 2.85. The molecule has 2 fully saturated rings. The summed E-state index contributed by atoms with van der Waals surface area (Å²) in [6.45, 7) is 0.828. The molecule has 0 radical (unpaired) electrons. The summed E-state index contributed by atoms with van der Waals surface area (Å²) in [5.41, 5.74) is 7.26. The first-order valence-electron chi connectivity index (χ1n) is 7.93. The van der Waals surface area contributed by atoms with E-state index in [1.165, 1.54) is 32.1 Å². The van der Waals surface area contributed by atoms with Crippen LogP contribution in [-0.2, 0) is 0 Å². The van der Waals surface area contributed by atoms with Gasteiger partial charge in [0.05, 0.1) is 19.9 Å². The lowest BCUT2D eigenvalue weighted by Gasteiger charge is -2.24. The van der Waals surface area contributed by atoms with Crippen LogP contribution in [0.25, 0.3) is 0 Å². The van der Waals surface area contributed by atoms with Crippen molar-refractivity contribution in [2.75, 3.05) is 26.1 Å². The maximum absolute atomic E-state index is 6.07. The minimum Gasteiger partial charge on any atom is -0.497 e. The number of methoxy groups -OCH3 is 2. The summed E-state index contributed by atoms with van der Waals surface area (Å²) in [7, 11) is 3.27. The average molecular weight is 431 g/mol. The number of hydrogen-bond donors (Lipinski definition) is 2. The second kappa shape index (κ2) is 7.59. The van der Waals surface area contributed by atoms with Crippen molar-refractivity contribution in [2.24, 2.45) is 22.1 Å². The van der Waals surface area contributed by atoms with Crippen LogP contribution in [-0.4, -0.2) is 26.7 Å². The molecule has 0 saturated heterocycles. The number of halogens is 1. The highest BCUT2D eigenvalue weighted by molar-refractivity contribution is 14.0. The van der Waals surface area contributed by atoms with Gasteiger partial charge in [-0.1, -0.05) is 0 Å². The van der Waals surface area contributed by atoms with Gasteiger partial charge in [0.25, 0.3) is 0 Å². The molecule has 1 aromatic carbocycles. The van der Waals surface area contributed by atoms with Gasteiger partial charge in [0.1, 0.15) is 11.5 Å². The van der Waals surface area contributed by atoms with Gasteiger partial charge in [0.2, 0.25) is 0 Å². The molecule has 6 heteroatoms. The van der Waals surface area contributed by atoms with Crippen molar-refractivity contribution in [3.8, 4) is 11.5 Å². The van der Waals surface area contributed by atoms with Gasteiger partial charge < -0.3 is 20.5 Å². The van der Waals surface area contributed by atoms with Gasteiger partial charge in [-0.3, -0.25) is 4.99 Å². The molecule has 0 atom stereocenters. The number of aliphatic imine (C=N–C) groups is 1. The quantitative estimate of drug-likeness (QED) is 0.425. The fourth-order valence-electron chi connectivity index (χ4n) is 3.88. The molecule has 2 saturated carbocycles. The Kier molecular flexibility index (Phi) is 6.00. The normalized spacial score (nSPS) is 25.8. The number of anilines is 1. The molecule has 128 valence electrons. The monoisotopic (exact) mass is 431 g/mol. The Balaban J connectivity index is 0.00000192. The lowest BCUT2D eigenvalue weighted by atomic mass is 9.84. The smallest absolute Gasteiger partial charge is 0.193 e. The second-order valence-corrected chi connectivity index (χ2v) is 6.54. The third-order valence-electron chi connectivity index (χ3n) is 5.14. The molecule has 1 aromatic rings. The molecule has 2 bridgehead atoms. The molecule has 5 nitrogen and oxygen atoms in total. The lowest BCUT2D eigenvalue weighted by molar-refractivity contribution is 0.307. The molecule has 0 heterocycles. The van der Waals surface area contributed by atoms with Gasteiger partial charge >= 0.3 is 0 Å². The zero-order chi connectivity index (χ0) is 15.6. The van der Waals surface area contributed by atoms with Gasteiger partial charge in [-0.2, -0.15) is 0 Å². The van der Waals surface area contributed by atoms with Gasteiger partial charge in [-0.15, -0.1) is 24.0 Å². The van der Waals surface area contributed by atoms with Gasteiger partial charge in [0.15, 0.2) is 5.96 Å². The van der Waals surface area contributed by atoms with Crippen LogP contribution in [0, 0.1) is 11.3 Å². The third-order valence-corrected chi connectivity index (χ3v) is 5.14. The Morgan fingerprint density at radius 2 is 2.04 bits per heavy atom. The maximum Gasteiger partial charge on any atom is 0.193 e. The van der Waals surface area contributed by atoms with E-state index in [4.69, 9.17) is 15.2 Å². The van der Waals surface area contributed by atoms with E-state index >= 15 is 0 Å². The number of rotatable bonds is 5. The molecule has 0 aromatic heterocycles. The third kappa shape index (κ3) is 4.02. The van der Waals surface area contributed by atoms with Gasteiger partial charge in [-0.05, 0) is 55.6 Å². The largest absolute Gasteiger partial charge is 0.497 e. The Labute approximate surface area is 155 Å². The SMILES string of the molecule is COc1ccc(OC)c(NC(N)=NCC23CCC(CC2)C3)c1.I. The molecule has 3 rings (SSSR count). The molecule has 2 aliphatic rings. The highest BCUT2D eigenvalue weighted by Crippen LogP contribution is 2.54. The Bertz CT molecular complexity index is 569. The summed E-state index contributed by atoms with van der Waals surface area (Å²) in [6.07, 6.45) is 6.67. The van der Waals surface area contributed by atoms with Crippen molar-refractivity contribution in [3.63, 3.8) is 0 Å². The molecule has 3 N–H and O–H groups in total. The number of guanidine groups is 1. The zero-order valence-electron chi connectivity index (χ0n) is 13.8. The van der Waals surface area contributed by atoms with Crippen LogP contribution in [0.2, 0.25) is 0 Å². The van der Waals surface area contributed by atoms with E-state index in [2.05, 4.69) is 10.3 Å². The number of nitrogens with one attached hydrogen (secondary N) is 1. The van der Waals surface area contributed by atoms with Crippen molar-refractivity contribution in [1.29, 1.82) is 0 Å². The Morgan fingerprint density at radius 1 is 1.30 bits per heavy atom. The van der Waals surface area contributed by atoms with E-state index in [0.29, 0.717) is 11.4 Å². The predicted octanol–water partition coefficient (Wildman–Crippen LogP) is 3.63. The van der Waals surface area contributed by atoms with Gasteiger partial charge in [-0.25, -0.2) is 0 Å². The van der Waals surface area contributed by atoms with E-state index in [1.54, 1.807) is 14.2 Å². The van der Waals surface area contributed by atoms with Gasteiger partial charge in [0, 0.05) is 12.6 Å². The Morgan fingerprint density at radius 3 is 2.61 bits per heavy atom. The highest BCUT2D eigenvalue weighted by Gasteiger charge is 2.44. The maximum atomic E-state index is 6.07. The number of nitrogens with two attached hydrogens (primary N) is 1. The van der Waals surface area contributed by atoms with Crippen molar-refractivity contribution in [3.05, 3.63) is 18.2 Å². The van der Waals surface area contributed by atoms with E-state index in [-0.39, 0.29) is 24.0 Å². The molecule has 0 amide bonds. The first-order valence-corrected chi connectivity index (χ1v) is 7.93. The van der Waals surface area contributed by atoms with E-state index in [1.807, 2.05) is 18.2 Å². The van der Waals surface area contributed by atoms with Crippen LogP contribution in [0.3, 0.4) is 0 Å². The van der Waals surface area contributed by atoms with E-state index in [0.717, 1.165) is 29.6 Å². The minimum atomic E-state index is 0. The van der Waals surface area contributed by atoms with Crippen LogP contribution in [0.15, 0.2) is 23.2 Å². The summed E-state index contributed by atoms with van der Waals surface area (Å²) in [4.78, 5) is 4.59. The number of fused-ring (bicyclic) bond motifs is 2. The van der Waals surface area contributed by atoms with Crippen LogP contribution in [0.1, 0.15) is 32.1 Å². The van der Waals surface area contributed by atoms with Crippen LogP contribution in [0.4, 0.5) is 5.69 Å². The van der Waals surface area contributed by atoms with Crippen molar-refractivity contribution in [1.82, 2.24) is 0 Å². The van der Waals surface area contributed by atoms with Crippen molar-refractivity contribution >= 4 is 35.6 Å². The standard InChI is InChI=1S/C17H25N3O2.HI/c1-21-13-3-4-15(22-2)14(9-13)20-16(18)19-11-17-7-5-12(10-17)6-8-17;/h3-4,9,12H,5-8,10-11H2,1-2H3,(H3,18,19,20);1H. The first-order chi connectivity index (χ1) is 10.6. The molecular weight excluding hydrogens is 405 g/mol. The fraction of sp³-hybridized carbons (Fsp3) is 0.588. The molecule has 2 aliphatic carbocycles. The number of ether oxygens (including phenoxy) is 2. The van der Waals surface area contributed by atoms with E-state index in [9.17, 15) is 0 Å². The second-order valence-electron chi connectivity index (χ2n) is 6.54. The average Bonchev–Trinajstić information content (AvgIpc) is 3.14. The summed E-state index contributed by atoms with van der Waals surface area (Å²) < 4.78 is 10.6. The number of nitrogens with zero attached hydrogens (tertiary/aromatic N) is 1. The molecule has 0 aliphatic heterocycles. The zero-order valence-corrected chi connectivity index (χ0v) is 16.1. The minimum absolute atomic E-state index is 0. The van der Waals surface area contributed by atoms with Crippen LogP contribution >= 0.6 is 24.0 Å². The molecule has 0 unspecified atom stereocenters. The topological polar surface area (TPSA) is 68.9 Å². The fourth-order valence-corrected chi connectivity index (χ4v) is 3.88. The number of hydrogen-bond acceptors (Lipinski definition) is 3. The highest BCUT2D eigenvalue weighted by atomic mass is 127. The van der Waals surface area contributed by atoms with Crippen LogP contribution < -0.4 is 20.5 Å². The summed E-state index contributed by atoms with van der Waals surface area (Å²) in [6, 6.07) is 5.57. The first kappa shape index (κ1) is 18.2. The Hall–Kier alpha value is -1.18. The molecular formula is C17H26IN3O2. The predicted molar refractivity (Wildman–Crippen MR) is 104 cm³/mol. The molecule has 23 heavy (non-hydrogen) atoms. The summed E-state index contributed by atoms with van der Waals surface area (Å²) >= 11 is 0. The summed E-state index contributed by atoms with van der Waals surface area (Å²) in [5, 5.41) is 3.14. The number of benzene rings is 1. The van der Waals surface area contributed by atoms with Crippen molar-refractivity contribution in [2.45, 2.75) is 32.1 Å². The lowest BCUT2D eigenvalue weighted by Crippen LogP contribution is -2.26. The van der Waals surface area contributed by atoms with Crippen molar-refractivity contribution < 1.29 is 9.47 Å². The van der Waals surface area contributed by atoms with E-state index < -0.39 is 0 Å². The molecule has 0 spiro atoms.